The minimum atomic E-state index is 0.0437. The maximum absolute atomic E-state index is 6.21. The Kier molecular flexibility index (Phi) is 5.00. The summed E-state index contributed by atoms with van der Waals surface area (Å²) in [6.07, 6.45) is 4.50. The standard InChI is InChI=1S/C15H20ClN3/c1-2-10-19-15(13(16)11-18-19)9-8-14(17)12-6-4-3-5-7-12/h3-7,11,14H,2,8-10,17H2,1H3. The summed E-state index contributed by atoms with van der Waals surface area (Å²) in [6, 6.07) is 10.2. The molecule has 1 unspecified atom stereocenters. The van der Waals surface area contributed by atoms with Crippen molar-refractivity contribution in [1.29, 1.82) is 0 Å². The molecule has 0 radical (unpaired) electrons. The fourth-order valence-corrected chi connectivity index (χ4v) is 2.44. The van der Waals surface area contributed by atoms with Crippen LogP contribution < -0.4 is 5.73 Å². The summed E-state index contributed by atoms with van der Waals surface area (Å²) in [5.74, 6) is 0. The summed E-state index contributed by atoms with van der Waals surface area (Å²) in [5.41, 5.74) is 8.47. The fraction of sp³-hybridized carbons (Fsp3) is 0.400. The Morgan fingerprint density at radius 1 is 1.32 bits per heavy atom. The molecule has 0 aliphatic carbocycles. The van der Waals surface area contributed by atoms with Gasteiger partial charge in [-0.2, -0.15) is 5.10 Å². The fourth-order valence-electron chi connectivity index (χ4n) is 2.20. The zero-order valence-electron chi connectivity index (χ0n) is 11.2. The molecule has 1 atom stereocenters. The zero-order chi connectivity index (χ0) is 13.7. The van der Waals surface area contributed by atoms with Crippen LogP contribution in [0.4, 0.5) is 0 Å². The average Bonchev–Trinajstić information content (AvgIpc) is 2.78. The topological polar surface area (TPSA) is 43.8 Å². The van der Waals surface area contributed by atoms with Gasteiger partial charge in [0.05, 0.1) is 16.9 Å². The molecule has 2 aromatic rings. The molecule has 0 spiro atoms. The smallest absolute Gasteiger partial charge is 0.0817 e. The van der Waals surface area contributed by atoms with E-state index in [0.717, 1.165) is 36.5 Å². The van der Waals surface area contributed by atoms with E-state index in [2.05, 4.69) is 24.2 Å². The molecule has 4 heteroatoms. The van der Waals surface area contributed by atoms with E-state index in [4.69, 9.17) is 17.3 Å². The lowest BCUT2D eigenvalue weighted by Gasteiger charge is -2.13. The third-order valence-corrected chi connectivity index (χ3v) is 3.57. The molecule has 1 aromatic heterocycles. The van der Waals surface area contributed by atoms with E-state index < -0.39 is 0 Å². The molecule has 0 fully saturated rings. The van der Waals surface area contributed by atoms with E-state index in [1.165, 1.54) is 5.56 Å². The quantitative estimate of drug-likeness (QED) is 0.877. The van der Waals surface area contributed by atoms with Gasteiger partial charge in [0, 0.05) is 12.6 Å². The molecule has 0 saturated heterocycles. The van der Waals surface area contributed by atoms with Crippen molar-refractivity contribution in [3.05, 3.63) is 52.8 Å². The summed E-state index contributed by atoms with van der Waals surface area (Å²) in [5, 5.41) is 5.04. The second kappa shape index (κ2) is 6.73. The summed E-state index contributed by atoms with van der Waals surface area (Å²) >= 11 is 6.19. The van der Waals surface area contributed by atoms with Crippen molar-refractivity contribution < 1.29 is 0 Å². The molecule has 102 valence electrons. The highest BCUT2D eigenvalue weighted by molar-refractivity contribution is 6.31. The number of nitrogens with two attached hydrogens (primary N) is 1. The van der Waals surface area contributed by atoms with Crippen molar-refractivity contribution in [2.75, 3.05) is 0 Å². The van der Waals surface area contributed by atoms with Crippen LogP contribution in [-0.2, 0) is 13.0 Å². The van der Waals surface area contributed by atoms with Gasteiger partial charge in [-0.3, -0.25) is 4.68 Å². The van der Waals surface area contributed by atoms with E-state index in [-0.39, 0.29) is 6.04 Å². The largest absolute Gasteiger partial charge is 0.324 e. The lowest BCUT2D eigenvalue weighted by atomic mass is 10.0. The molecule has 2 rings (SSSR count). The van der Waals surface area contributed by atoms with Gasteiger partial charge in [-0.1, -0.05) is 48.9 Å². The molecule has 1 heterocycles. The number of hydrogen-bond donors (Lipinski definition) is 1. The van der Waals surface area contributed by atoms with Crippen molar-refractivity contribution in [2.45, 2.75) is 38.8 Å². The van der Waals surface area contributed by atoms with Crippen LogP contribution >= 0.6 is 11.6 Å². The Morgan fingerprint density at radius 2 is 2.05 bits per heavy atom. The van der Waals surface area contributed by atoms with Crippen LogP contribution in [0.5, 0.6) is 0 Å². The predicted octanol–water partition coefficient (Wildman–Crippen LogP) is 3.58. The van der Waals surface area contributed by atoms with Gasteiger partial charge in [-0.25, -0.2) is 0 Å². The van der Waals surface area contributed by atoms with Crippen LogP contribution in [0, 0.1) is 0 Å². The first kappa shape index (κ1) is 14.1. The van der Waals surface area contributed by atoms with E-state index in [1.807, 2.05) is 22.9 Å². The van der Waals surface area contributed by atoms with Crippen LogP contribution in [-0.4, -0.2) is 9.78 Å². The lowest BCUT2D eigenvalue weighted by Crippen LogP contribution is -2.13. The van der Waals surface area contributed by atoms with E-state index in [1.54, 1.807) is 6.20 Å². The highest BCUT2D eigenvalue weighted by Gasteiger charge is 2.11. The summed E-state index contributed by atoms with van der Waals surface area (Å²) in [7, 11) is 0. The van der Waals surface area contributed by atoms with Crippen molar-refractivity contribution in [2.24, 2.45) is 5.73 Å². The predicted molar refractivity (Wildman–Crippen MR) is 79.2 cm³/mol. The van der Waals surface area contributed by atoms with Crippen LogP contribution in [0.1, 0.15) is 37.1 Å². The Hall–Kier alpha value is -1.32. The Balaban J connectivity index is 2.00. The first-order chi connectivity index (χ1) is 9.22. The number of halogens is 1. The molecule has 3 nitrogen and oxygen atoms in total. The van der Waals surface area contributed by atoms with Gasteiger partial charge in [-0.05, 0) is 24.8 Å². The molecule has 0 aliphatic rings. The minimum absolute atomic E-state index is 0.0437. The van der Waals surface area contributed by atoms with E-state index in [0.29, 0.717) is 0 Å². The number of hydrogen-bond acceptors (Lipinski definition) is 2. The number of nitrogens with zero attached hydrogens (tertiary/aromatic N) is 2. The number of aromatic nitrogens is 2. The first-order valence-corrected chi connectivity index (χ1v) is 7.11. The van der Waals surface area contributed by atoms with Crippen LogP contribution in [0.25, 0.3) is 0 Å². The molecular weight excluding hydrogens is 258 g/mol. The molecule has 0 amide bonds. The highest BCUT2D eigenvalue weighted by atomic mass is 35.5. The van der Waals surface area contributed by atoms with Gasteiger partial charge in [0.2, 0.25) is 0 Å². The molecule has 0 aliphatic heterocycles. The average molecular weight is 278 g/mol. The lowest BCUT2D eigenvalue weighted by molar-refractivity contribution is 0.551. The Labute approximate surface area is 119 Å². The third-order valence-electron chi connectivity index (χ3n) is 3.25. The van der Waals surface area contributed by atoms with Crippen LogP contribution in [0.2, 0.25) is 5.02 Å². The molecule has 2 N–H and O–H groups in total. The summed E-state index contributed by atoms with van der Waals surface area (Å²) < 4.78 is 1.99. The molecular formula is C15H20ClN3. The van der Waals surface area contributed by atoms with E-state index >= 15 is 0 Å². The van der Waals surface area contributed by atoms with Crippen LogP contribution in [0.15, 0.2) is 36.5 Å². The number of aryl methyl sites for hydroxylation is 1. The van der Waals surface area contributed by atoms with Crippen molar-refractivity contribution in [3.63, 3.8) is 0 Å². The van der Waals surface area contributed by atoms with Crippen LogP contribution in [0.3, 0.4) is 0 Å². The van der Waals surface area contributed by atoms with Crippen molar-refractivity contribution in [3.8, 4) is 0 Å². The second-order valence-electron chi connectivity index (χ2n) is 4.72. The van der Waals surface area contributed by atoms with Gasteiger partial charge in [0.1, 0.15) is 0 Å². The minimum Gasteiger partial charge on any atom is -0.324 e. The number of benzene rings is 1. The summed E-state index contributed by atoms with van der Waals surface area (Å²) in [6.45, 7) is 3.04. The monoisotopic (exact) mass is 277 g/mol. The third kappa shape index (κ3) is 3.58. The molecule has 1 aromatic carbocycles. The normalized spacial score (nSPS) is 12.6. The summed E-state index contributed by atoms with van der Waals surface area (Å²) in [4.78, 5) is 0. The van der Waals surface area contributed by atoms with Gasteiger partial charge in [0.15, 0.2) is 0 Å². The Morgan fingerprint density at radius 3 is 2.74 bits per heavy atom. The van der Waals surface area contributed by atoms with Gasteiger partial charge in [0.25, 0.3) is 0 Å². The molecule has 0 saturated carbocycles. The molecule has 0 bridgehead atoms. The SMILES string of the molecule is CCCn1ncc(Cl)c1CCC(N)c1ccccc1. The van der Waals surface area contributed by atoms with Gasteiger partial charge < -0.3 is 5.73 Å². The second-order valence-corrected chi connectivity index (χ2v) is 5.13. The maximum atomic E-state index is 6.21. The Bertz CT molecular complexity index is 507. The maximum Gasteiger partial charge on any atom is 0.0817 e. The van der Waals surface area contributed by atoms with Crippen molar-refractivity contribution >= 4 is 11.6 Å². The molecule has 19 heavy (non-hydrogen) atoms. The van der Waals surface area contributed by atoms with Crippen molar-refractivity contribution in [1.82, 2.24) is 9.78 Å². The first-order valence-electron chi connectivity index (χ1n) is 6.73. The van der Waals surface area contributed by atoms with E-state index in [9.17, 15) is 0 Å². The highest BCUT2D eigenvalue weighted by Crippen LogP contribution is 2.21. The van der Waals surface area contributed by atoms with Gasteiger partial charge in [-0.15, -0.1) is 0 Å². The zero-order valence-corrected chi connectivity index (χ0v) is 12.0. The number of rotatable bonds is 6. The van der Waals surface area contributed by atoms with Gasteiger partial charge >= 0.3 is 0 Å².